The summed E-state index contributed by atoms with van der Waals surface area (Å²) >= 11 is 0. The number of hydrogen-bond donors (Lipinski definition) is 0. The Bertz CT molecular complexity index is 773. The Balaban J connectivity index is 1.77. The zero-order valence-corrected chi connectivity index (χ0v) is 14.0. The van der Waals surface area contributed by atoms with Crippen LogP contribution in [0.15, 0.2) is 91.1 Å². The molecule has 0 fully saturated rings. The lowest BCUT2D eigenvalue weighted by Crippen LogP contribution is -2.28. The van der Waals surface area contributed by atoms with Gasteiger partial charge in [0.15, 0.2) is 0 Å². The molecular formula is C22H20N2O. The second-order valence-electron chi connectivity index (χ2n) is 5.75. The van der Waals surface area contributed by atoms with E-state index in [2.05, 4.69) is 4.98 Å². The maximum absolute atomic E-state index is 12.7. The monoisotopic (exact) mass is 328 g/mol. The van der Waals surface area contributed by atoms with Crippen LogP contribution in [0, 0.1) is 0 Å². The minimum absolute atomic E-state index is 0.0293. The molecule has 0 aliphatic heterocycles. The van der Waals surface area contributed by atoms with Crippen molar-refractivity contribution < 1.29 is 4.79 Å². The van der Waals surface area contributed by atoms with Gasteiger partial charge in [-0.1, -0.05) is 66.7 Å². The lowest BCUT2D eigenvalue weighted by molar-refractivity contribution is -0.127. The molecule has 0 saturated carbocycles. The Hall–Kier alpha value is -3.20. The fraction of sp³-hybridized carbons (Fsp3) is 0.0909. The van der Waals surface area contributed by atoms with E-state index < -0.39 is 0 Å². The first-order valence-electron chi connectivity index (χ1n) is 8.27. The maximum Gasteiger partial charge on any atom is 0.247 e. The summed E-state index contributed by atoms with van der Waals surface area (Å²) in [5.41, 5.74) is 2.99. The van der Waals surface area contributed by atoms with Crippen LogP contribution < -0.4 is 0 Å². The molecule has 0 radical (unpaired) electrons. The summed E-state index contributed by atoms with van der Waals surface area (Å²) in [6, 6.07) is 25.7. The molecule has 3 rings (SSSR count). The Morgan fingerprint density at radius 1 is 0.800 bits per heavy atom. The Kier molecular flexibility index (Phi) is 5.73. The molecule has 1 aromatic heterocycles. The van der Waals surface area contributed by atoms with Crippen LogP contribution in [0.2, 0.25) is 0 Å². The van der Waals surface area contributed by atoms with E-state index in [1.54, 1.807) is 18.3 Å². The Morgan fingerprint density at radius 3 is 1.88 bits per heavy atom. The van der Waals surface area contributed by atoms with Crippen molar-refractivity contribution >= 4 is 12.0 Å². The second kappa shape index (κ2) is 8.60. The van der Waals surface area contributed by atoms with E-state index in [9.17, 15) is 4.79 Å². The standard InChI is InChI=1S/C22H20N2O/c25-22(15-14-21-13-7-8-16-23-21)24(17-19-9-3-1-4-10-19)18-20-11-5-2-6-12-20/h1-16H,17-18H2/b15-14+. The highest BCUT2D eigenvalue weighted by atomic mass is 16.2. The molecule has 0 saturated heterocycles. The summed E-state index contributed by atoms with van der Waals surface area (Å²) < 4.78 is 0. The van der Waals surface area contributed by atoms with Crippen LogP contribution in [0.25, 0.3) is 6.08 Å². The van der Waals surface area contributed by atoms with Crippen LogP contribution >= 0.6 is 0 Å². The molecular weight excluding hydrogens is 308 g/mol. The molecule has 1 heterocycles. The molecule has 3 heteroatoms. The van der Waals surface area contributed by atoms with Gasteiger partial charge >= 0.3 is 0 Å². The smallest absolute Gasteiger partial charge is 0.247 e. The van der Waals surface area contributed by atoms with Crippen molar-refractivity contribution in [2.45, 2.75) is 13.1 Å². The third kappa shape index (κ3) is 5.15. The van der Waals surface area contributed by atoms with E-state index in [1.807, 2.05) is 83.8 Å². The zero-order chi connectivity index (χ0) is 17.3. The second-order valence-corrected chi connectivity index (χ2v) is 5.75. The first kappa shape index (κ1) is 16.7. The van der Waals surface area contributed by atoms with Crippen LogP contribution in [0.4, 0.5) is 0 Å². The summed E-state index contributed by atoms with van der Waals surface area (Å²) in [6.45, 7) is 1.14. The van der Waals surface area contributed by atoms with Gasteiger partial charge in [-0.05, 0) is 29.3 Å². The highest BCUT2D eigenvalue weighted by molar-refractivity contribution is 5.91. The molecule has 0 atom stereocenters. The number of rotatable bonds is 6. The van der Waals surface area contributed by atoms with Crippen molar-refractivity contribution in [2.75, 3.05) is 0 Å². The molecule has 0 aliphatic carbocycles. The van der Waals surface area contributed by atoms with E-state index in [0.29, 0.717) is 13.1 Å². The van der Waals surface area contributed by atoms with Gasteiger partial charge in [0, 0.05) is 25.4 Å². The Labute approximate surface area is 148 Å². The average molecular weight is 328 g/mol. The minimum Gasteiger partial charge on any atom is -0.331 e. The van der Waals surface area contributed by atoms with E-state index in [1.165, 1.54) is 0 Å². The molecule has 0 bridgehead atoms. The van der Waals surface area contributed by atoms with Crippen molar-refractivity contribution in [1.29, 1.82) is 0 Å². The van der Waals surface area contributed by atoms with Crippen LogP contribution in [0.5, 0.6) is 0 Å². The van der Waals surface area contributed by atoms with Gasteiger partial charge in [-0.15, -0.1) is 0 Å². The number of benzene rings is 2. The molecule has 0 aliphatic rings. The van der Waals surface area contributed by atoms with Crippen molar-refractivity contribution in [1.82, 2.24) is 9.88 Å². The van der Waals surface area contributed by atoms with Gasteiger partial charge in [-0.25, -0.2) is 0 Å². The number of aromatic nitrogens is 1. The zero-order valence-electron chi connectivity index (χ0n) is 14.0. The highest BCUT2D eigenvalue weighted by Crippen LogP contribution is 2.11. The lowest BCUT2D eigenvalue weighted by Gasteiger charge is -2.21. The van der Waals surface area contributed by atoms with Crippen molar-refractivity contribution in [3.63, 3.8) is 0 Å². The third-order valence-corrected chi connectivity index (χ3v) is 3.83. The summed E-state index contributed by atoms with van der Waals surface area (Å²) in [6.07, 6.45) is 5.06. The van der Waals surface area contributed by atoms with Gasteiger partial charge < -0.3 is 4.90 Å². The van der Waals surface area contributed by atoms with E-state index in [0.717, 1.165) is 16.8 Å². The summed E-state index contributed by atoms with van der Waals surface area (Å²) in [7, 11) is 0. The van der Waals surface area contributed by atoms with E-state index in [4.69, 9.17) is 0 Å². The van der Waals surface area contributed by atoms with Crippen molar-refractivity contribution in [3.05, 3.63) is 108 Å². The molecule has 25 heavy (non-hydrogen) atoms. The molecule has 0 spiro atoms. The fourth-order valence-electron chi connectivity index (χ4n) is 2.56. The van der Waals surface area contributed by atoms with Crippen LogP contribution in [-0.2, 0) is 17.9 Å². The van der Waals surface area contributed by atoms with E-state index in [-0.39, 0.29) is 5.91 Å². The van der Waals surface area contributed by atoms with Gasteiger partial charge in [0.2, 0.25) is 5.91 Å². The summed E-state index contributed by atoms with van der Waals surface area (Å²) in [5, 5.41) is 0. The quantitative estimate of drug-likeness (QED) is 0.631. The number of amides is 1. The Morgan fingerprint density at radius 2 is 1.36 bits per heavy atom. The summed E-state index contributed by atoms with van der Waals surface area (Å²) in [5.74, 6) is -0.0293. The van der Waals surface area contributed by atoms with Crippen molar-refractivity contribution in [2.24, 2.45) is 0 Å². The van der Waals surface area contributed by atoms with Gasteiger partial charge in [0.25, 0.3) is 0 Å². The number of carbonyl (C=O) groups is 1. The minimum atomic E-state index is -0.0293. The number of hydrogen-bond acceptors (Lipinski definition) is 2. The lowest BCUT2D eigenvalue weighted by atomic mass is 10.1. The topological polar surface area (TPSA) is 33.2 Å². The first-order valence-corrected chi connectivity index (χ1v) is 8.27. The van der Waals surface area contributed by atoms with Crippen LogP contribution in [0.3, 0.4) is 0 Å². The van der Waals surface area contributed by atoms with Crippen LogP contribution in [0.1, 0.15) is 16.8 Å². The SMILES string of the molecule is O=C(/C=C/c1ccccn1)N(Cc1ccccc1)Cc1ccccc1. The number of nitrogens with zero attached hydrogens (tertiary/aromatic N) is 2. The van der Waals surface area contributed by atoms with Gasteiger partial charge in [-0.3, -0.25) is 9.78 Å². The molecule has 3 aromatic rings. The molecule has 124 valence electrons. The molecule has 0 N–H and O–H groups in total. The summed E-state index contributed by atoms with van der Waals surface area (Å²) in [4.78, 5) is 18.8. The average Bonchev–Trinajstić information content (AvgIpc) is 2.68. The molecule has 0 unspecified atom stereocenters. The number of pyridine rings is 1. The van der Waals surface area contributed by atoms with Gasteiger partial charge in [0.1, 0.15) is 0 Å². The molecule has 2 aromatic carbocycles. The molecule has 1 amide bonds. The largest absolute Gasteiger partial charge is 0.331 e. The number of carbonyl (C=O) groups excluding carboxylic acids is 1. The maximum atomic E-state index is 12.7. The molecule has 3 nitrogen and oxygen atoms in total. The normalized spacial score (nSPS) is 10.7. The van der Waals surface area contributed by atoms with Crippen molar-refractivity contribution in [3.8, 4) is 0 Å². The third-order valence-electron chi connectivity index (χ3n) is 3.83. The predicted molar refractivity (Wildman–Crippen MR) is 100 cm³/mol. The fourth-order valence-corrected chi connectivity index (χ4v) is 2.56. The highest BCUT2D eigenvalue weighted by Gasteiger charge is 2.12. The first-order chi connectivity index (χ1) is 12.3. The van der Waals surface area contributed by atoms with Gasteiger partial charge in [0.05, 0.1) is 5.69 Å². The van der Waals surface area contributed by atoms with Crippen LogP contribution in [-0.4, -0.2) is 15.8 Å². The van der Waals surface area contributed by atoms with E-state index >= 15 is 0 Å². The predicted octanol–water partition coefficient (Wildman–Crippen LogP) is 4.32. The van der Waals surface area contributed by atoms with Gasteiger partial charge in [-0.2, -0.15) is 0 Å².